The van der Waals surface area contributed by atoms with Gasteiger partial charge in [-0.3, -0.25) is 33.6 Å². The Kier molecular flexibility index (Phi) is 14.5. The summed E-state index contributed by atoms with van der Waals surface area (Å²) in [5.74, 6) is -3.02. The standard InChI is InChI=1S/C33H43N9O12/c34-13-5-17-38(32(48)25-7-3-9-27(43)40(25)51)15-1-2-16-39(33(49)26-8-4-10-28(44)41(26)52)18-6-14-35-30(46)24-12-11-21(31(47)42(24)53)29(45)36-22-19-54-20-23(22)37-50/h3-4,7-12,22-23,37,50-53H,1-2,5-6,13-20,34H2,(H,35,46)(H,36,45)/t22-,23+/m1/s1. The van der Waals surface area contributed by atoms with Crippen molar-refractivity contribution in [3.63, 3.8) is 0 Å². The SMILES string of the molecule is NCCCN(CCCCN(CCCNC(=O)c1ccc(C(=O)N[C@@H]2COC[C@@H]2NO)c(=O)n1O)C(=O)c1cccc(=O)n1O)C(=O)c1cccc(=O)n1O. The van der Waals surface area contributed by atoms with E-state index in [2.05, 4.69) is 10.6 Å². The van der Waals surface area contributed by atoms with Crippen molar-refractivity contribution in [1.82, 2.24) is 40.1 Å². The molecule has 1 fully saturated rings. The van der Waals surface area contributed by atoms with Crippen molar-refractivity contribution >= 4 is 23.6 Å². The molecule has 0 bridgehead atoms. The van der Waals surface area contributed by atoms with Gasteiger partial charge in [0.25, 0.3) is 40.3 Å². The van der Waals surface area contributed by atoms with E-state index >= 15 is 0 Å². The van der Waals surface area contributed by atoms with Gasteiger partial charge in [-0.15, -0.1) is 14.2 Å². The maximum atomic E-state index is 13.5. The Balaban J connectivity index is 1.38. The molecule has 0 spiro atoms. The lowest BCUT2D eigenvalue weighted by molar-refractivity contribution is 0.0658. The zero-order chi connectivity index (χ0) is 39.4. The molecule has 292 valence electrons. The maximum Gasteiger partial charge on any atom is 0.296 e. The number of hydrogen-bond donors (Lipinski definition) is 8. The second kappa shape index (κ2) is 19.2. The number of nitrogens with two attached hydrogens (primary N) is 1. The van der Waals surface area contributed by atoms with Crippen molar-refractivity contribution in [3.8, 4) is 0 Å². The van der Waals surface area contributed by atoms with Gasteiger partial charge in [0.1, 0.15) is 22.6 Å². The number of hydrogen-bond acceptors (Lipinski definition) is 14. The van der Waals surface area contributed by atoms with Gasteiger partial charge in [-0.1, -0.05) is 12.1 Å². The zero-order valence-electron chi connectivity index (χ0n) is 29.1. The molecule has 3 aromatic heterocycles. The number of pyridine rings is 3. The highest BCUT2D eigenvalue weighted by Gasteiger charge is 2.30. The van der Waals surface area contributed by atoms with E-state index < -0.39 is 63.6 Å². The summed E-state index contributed by atoms with van der Waals surface area (Å²) in [7, 11) is 0. The Morgan fingerprint density at radius 1 is 0.704 bits per heavy atom. The van der Waals surface area contributed by atoms with E-state index in [9.17, 15) is 54.4 Å². The molecule has 4 amide bonds. The summed E-state index contributed by atoms with van der Waals surface area (Å²) in [6.45, 7) is 0.931. The molecule has 1 aliphatic heterocycles. The monoisotopic (exact) mass is 757 g/mol. The van der Waals surface area contributed by atoms with Crippen LogP contribution in [0.2, 0.25) is 0 Å². The highest BCUT2D eigenvalue weighted by molar-refractivity contribution is 5.96. The van der Waals surface area contributed by atoms with Crippen molar-refractivity contribution in [3.05, 3.63) is 102 Å². The van der Waals surface area contributed by atoms with E-state index in [0.29, 0.717) is 19.3 Å². The van der Waals surface area contributed by atoms with Gasteiger partial charge in [-0.25, -0.2) is 0 Å². The second-order valence-corrected chi connectivity index (χ2v) is 12.3. The molecule has 21 heteroatoms. The summed E-state index contributed by atoms with van der Waals surface area (Å²) in [5.41, 5.74) is 3.39. The molecule has 0 aromatic carbocycles. The van der Waals surface area contributed by atoms with Crippen LogP contribution >= 0.6 is 0 Å². The van der Waals surface area contributed by atoms with Gasteiger partial charge < -0.3 is 51.7 Å². The third kappa shape index (κ3) is 9.89. The van der Waals surface area contributed by atoms with Gasteiger partial charge in [-0.05, 0) is 56.5 Å². The van der Waals surface area contributed by atoms with Crippen LogP contribution in [-0.4, -0.2) is 133 Å². The minimum absolute atomic E-state index is 0.0123. The molecule has 54 heavy (non-hydrogen) atoms. The predicted octanol–water partition coefficient (Wildman–Crippen LogP) is -2.11. The number of nitrogens with one attached hydrogen (secondary N) is 3. The third-order valence-corrected chi connectivity index (χ3v) is 8.60. The minimum Gasteiger partial charge on any atom is -0.425 e. The number of hydroxylamine groups is 1. The molecule has 1 saturated heterocycles. The van der Waals surface area contributed by atoms with Crippen LogP contribution in [0.3, 0.4) is 0 Å². The number of carbonyl (C=O) groups excluding carboxylic acids is 4. The summed E-state index contributed by atoms with van der Waals surface area (Å²) in [4.78, 5) is 91.5. The fourth-order valence-electron chi connectivity index (χ4n) is 5.63. The highest BCUT2D eigenvalue weighted by atomic mass is 16.5. The number of aromatic nitrogens is 3. The van der Waals surface area contributed by atoms with Gasteiger partial charge in [0.15, 0.2) is 0 Å². The molecule has 3 aromatic rings. The molecule has 4 rings (SSSR count). The Morgan fingerprint density at radius 3 is 1.80 bits per heavy atom. The van der Waals surface area contributed by atoms with Gasteiger partial charge in [0.2, 0.25) is 0 Å². The molecule has 0 radical (unpaired) electrons. The van der Waals surface area contributed by atoms with Crippen LogP contribution in [0.4, 0.5) is 0 Å². The molecule has 0 unspecified atom stereocenters. The topological polar surface area (TPSA) is 293 Å². The van der Waals surface area contributed by atoms with Crippen molar-refractivity contribution in [2.75, 3.05) is 52.5 Å². The van der Waals surface area contributed by atoms with Crippen LogP contribution in [0.25, 0.3) is 0 Å². The van der Waals surface area contributed by atoms with E-state index in [-0.39, 0.29) is 84.5 Å². The molecule has 21 nitrogen and oxygen atoms in total. The number of nitrogens with zero attached hydrogens (tertiary/aromatic N) is 5. The smallest absolute Gasteiger partial charge is 0.296 e. The second-order valence-electron chi connectivity index (χ2n) is 12.3. The van der Waals surface area contributed by atoms with Crippen LogP contribution in [-0.2, 0) is 4.74 Å². The van der Waals surface area contributed by atoms with Crippen LogP contribution in [0.15, 0.2) is 62.9 Å². The fourth-order valence-corrected chi connectivity index (χ4v) is 5.63. The number of rotatable bonds is 18. The van der Waals surface area contributed by atoms with Crippen molar-refractivity contribution in [2.24, 2.45) is 5.73 Å². The Bertz CT molecular complexity index is 2000. The first-order chi connectivity index (χ1) is 25.9. The Labute approximate surface area is 306 Å². The van der Waals surface area contributed by atoms with Crippen LogP contribution in [0.1, 0.15) is 67.5 Å². The summed E-state index contributed by atoms with van der Waals surface area (Å²) >= 11 is 0. The van der Waals surface area contributed by atoms with Gasteiger partial charge >= 0.3 is 0 Å². The average Bonchev–Trinajstić information content (AvgIpc) is 3.61. The lowest BCUT2D eigenvalue weighted by Crippen LogP contribution is -2.49. The number of carbonyl (C=O) groups is 4. The van der Waals surface area contributed by atoms with Crippen molar-refractivity contribution in [1.29, 1.82) is 0 Å². The molecule has 0 aliphatic carbocycles. The molecule has 1 aliphatic rings. The van der Waals surface area contributed by atoms with Crippen molar-refractivity contribution < 1.29 is 44.7 Å². The van der Waals surface area contributed by atoms with Crippen LogP contribution in [0.5, 0.6) is 0 Å². The van der Waals surface area contributed by atoms with E-state index in [1.807, 2.05) is 5.48 Å². The van der Waals surface area contributed by atoms with Gasteiger partial charge in [-0.2, -0.15) is 5.48 Å². The molecule has 4 heterocycles. The molecule has 0 saturated carbocycles. The van der Waals surface area contributed by atoms with Gasteiger partial charge in [0, 0.05) is 44.9 Å². The first-order valence-electron chi connectivity index (χ1n) is 17.0. The first kappa shape index (κ1) is 40.7. The average molecular weight is 758 g/mol. The largest absolute Gasteiger partial charge is 0.425 e. The lowest BCUT2D eigenvalue weighted by Gasteiger charge is -2.25. The summed E-state index contributed by atoms with van der Waals surface area (Å²) in [6, 6.07) is 8.26. The Hall–Kier alpha value is -6.03. The third-order valence-electron chi connectivity index (χ3n) is 8.60. The maximum absolute atomic E-state index is 13.5. The quantitative estimate of drug-likeness (QED) is 0.0392. The molecular weight excluding hydrogens is 714 g/mol. The van der Waals surface area contributed by atoms with E-state index in [1.54, 1.807) is 0 Å². The summed E-state index contributed by atoms with van der Waals surface area (Å²) in [6.07, 6.45) is 1.27. The van der Waals surface area contributed by atoms with Crippen LogP contribution < -0.4 is 38.5 Å². The summed E-state index contributed by atoms with van der Waals surface area (Å²) < 4.78 is 5.69. The van der Waals surface area contributed by atoms with Crippen molar-refractivity contribution in [2.45, 2.75) is 37.8 Å². The minimum atomic E-state index is -1.17. The molecular formula is C33H43N9O12. The first-order valence-corrected chi connectivity index (χ1v) is 17.0. The molecule has 9 N–H and O–H groups in total. The number of amides is 4. The number of ether oxygens (including phenoxy) is 1. The van der Waals surface area contributed by atoms with E-state index in [4.69, 9.17) is 10.5 Å². The fraction of sp³-hybridized carbons (Fsp3) is 0.424. The predicted molar refractivity (Wildman–Crippen MR) is 186 cm³/mol. The lowest BCUT2D eigenvalue weighted by atomic mass is 10.1. The van der Waals surface area contributed by atoms with E-state index in [0.717, 1.165) is 24.3 Å². The summed E-state index contributed by atoms with van der Waals surface area (Å²) in [5, 5.41) is 44.9. The van der Waals surface area contributed by atoms with Gasteiger partial charge in [0.05, 0.1) is 25.3 Å². The Morgan fingerprint density at radius 2 is 1.24 bits per heavy atom. The normalized spacial score (nSPS) is 15.1. The number of unbranched alkanes of at least 4 members (excludes halogenated alkanes) is 1. The highest BCUT2D eigenvalue weighted by Crippen LogP contribution is 2.10. The zero-order valence-corrected chi connectivity index (χ0v) is 29.1. The van der Waals surface area contributed by atoms with E-state index in [1.165, 1.54) is 34.1 Å². The van der Waals surface area contributed by atoms with Crippen LogP contribution in [0, 0.1) is 0 Å². The molecule has 2 atom stereocenters.